The van der Waals surface area contributed by atoms with E-state index in [-0.39, 0.29) is 38.8 Å². The number of halogens is 5. The van der Waals surface area contributed by atoms with Crippen molar-refractivity contribution in [1.29, 1.82) is 0 Å². The zero-order valence-corrected chi connectivity index (χ0v) is 35.6. The zero-order chi connectivity index (χ0) is 43.7. The van der Waals surface area contributed by atoms with Crippen LogP contribution in [-0.2, 0) is 26.2 Å². The molecule has 0 radical (unpaired) electrons. The molecule has 6 rings (SSSR count). The summed E-state index contributed by atoms with van der Waals surface area (Å²) < 4.78 is 31.7. The second-order valence-electron chi connectivity index (χ2n) is 14.7. The van der Waals surface area contributed by atoms with Gasteiger partial charge in [0.2, 0.25) is 10.9 Å². The fraction of sp³-hybridized carbons (Fsp3) is 0.273. The summed E-state index contributed by atoms with van der Waals surface area (Å²) in [5.74, 6) is -3.53. The van der Waals surface area contributed by atoms with Gasteiger partial charge in [0.05, 0.1) is 21.7 Å². The van der Waals surface area contributed by atoms with Gasteiger partial charge in [-0.3, -0.25) is 9.59 Å². The number of aromatic carboxylic acids is 2. The fourth-order valence-electron chi connectivity index (χ4n) is 6.23. The van der Waals surface area contributed by atoms with Gasteiger partial charge in [-0.15, -0.1) is 0 Å². The largest absolute Gasteiger partial charge is 0.477 e. The smallest absolute Gasteiger partial charge is 0.341 e. The van der Waals surface area contributed by atoms with E-state index < -0.39 is 34.4 Å². The van der Waals surface area contributed by atoms with Crippen LogP contribution in [0.15, 0.2) is 94.8 Å². The number of carboxylic acid groups (broad SMARTS) is 2. The summed E-state index contributed by atoms with van der Waals surface area (Å²) in [6, 6.07) is 20.2. The van der Waals surface area contributed by atoms with Crippen LogP contribution < -0.4 is 21.1 Å². The van der Waals surface area contributed by atoms with Crippen molar-refractivity contribution in [2.75, 3.05) is 19.0 Å². The number of fused-ring (bicyclic) bond motifs is 2. The molecule has 2 aromatic heterocycles. The molecule has 10 nitrogen and oxygen atoms in total. The minimum atomic E-state index is -1.33. The van der Waals surface area contributed by atoms with Gasteiger partial charge in [-0.2, -0.15) is 0 Å². The Balaban J connectivity index is 0.000000220. The lowest BCUT2D eigenvalue weighted by Crippen LogP contribution is -2.22. The molecule has 0 saturated heterocycles. The van der Waals surface area contributed by atoms with E-state index in [9.17, 15) is 33.1 Å². The van der Waals surface area contributed by atoms with Crippen LogP contribution in [-0.4, -0.2) is 45.4 Å². The molecule has 0 aliphatic carbocycles. The molecule has 0 amide bonds. The highest BCUT2D eigenvalue weighted by Crippen LogP contribution is 2.27. The Labute approximate surface area is 355 Å². The van der Waals surface area contributed by atoms with Crippen molar-refractivity contribution in [2.45, 2.75) is 53.9 Å². The lowest BCUT2D eigenvalue weighted by Gasteiger charge is -2.22. The molecule has 0 fully saturated rings. The molecule has 0 aliphatic rings. The Morgan fingerprint density at radius 3 is 1.54 bits per heavy atom. The van der Waals surface area contributed by atoms with Crippen molar-refractivity contribution in [3.05, 3.63) is 155 Å². The molecule has 2 heterocycles. The first-order valence-corrected chi connectivity index (χ1v) is 19.6. The molecule has 312 valence electrons. The molecule has 0 atom stereocenters. The Morgan fingerprint density at radius 1 is 0.695 bits per heavy atom. The number of rotatable bonds is 11. The molecule has 0 spiro atoms. The van der Waals surface area contributed by atoms with Gasteiger partial charge in [0.15, 0.2) is 0 Å². The van der Waals surface area contributed by atoms with Gasteiger partial charge in [0.25, 0.3) is 0 Å². The number of carbonyl (C=O) groups is 2. The molecule has 6 aromatic rings. The molecule has 3 N–H and O–H groups in total. The van der Waals surface area contributed by atoms with Crippen LogP contribution in [0.1, 0.15) is 59.5 Å². The Hall–Kier alpha value is -5.27. The maximum Gasteiger partial charge on any atom is 0.341 e. The van der Waals surface area contributed by atoms with E-state index in [1.54, 1.807) is 39.3 Å². The third kappa shape index (κ3) is 12.1. The maximum absolute atomic E-state index is 14.9. The molecule has 0 aliphatic heterocycles. The third-order valence-electron chi connectivity index (χ3n) is 8.89. The van der Waals surface area contributed by atoms with Crippen LogP contribution in [0, 0.1) is 23.5 Å². The summed E-state index contributed by atoms with van der Waals surface area (Å²) in [6.07, 6.45) is 2.62. The molecule has 0 saturated carbocycles. The van der Waals surface area contributed by atoms with Crippen molar-refractivity contribution in [1.82, 2.24) is 14.5 Å². The van der Waals surface area contributed by atoms with Crippen molar-refractivity contribution < 1.29 is 28.6 Å². The predicted molar refractivity (Wildman–Crippen MR) is 233 cm³/mol. The number of hydrogen-bond acceptors (Lipinski definition) is 6. The van der Waals surface area contributed by atoms with Gasteiger partial charge in [-0.1, -0.05) is 86.8 Å². The summed E-state index contributed by atoms with van der Waals surface area (Å²) in [7, 11) is 3.68. The SMILES string of the molecule is CC(C)Cn1cc(C(=O)O)c(=O)c2cc(F)c(Cl)cc21.CC(C)Cn1cc(C(=O)O)c(=O)c2cc(F)c(N(C)Cc3ccc(Cl)cc3)cc21.CNCc1ccc(Cl)cc1. The highest BCUT2D eigenvalue weighted by molar-refractivity contribution is 6.31. The Morgan fingerprint density at radius 2 is 1.12 bits per heavy atom. The van der Waals surface area contributed by atoms with Crippen LogP contribution in [0.5, 0.6) is 0 Å². The number of hydrogen-bond donors (Lipinski definition) is 3. The summed E-state index contributed by atoms with van der Waals surface area (Å²) in [5, 5.41) is 22.9. The standard InChI is InChI=1S/C22H22ClFN2O3.C14H13ClFNO3.C8H10ClN/c1-13(2)10-26-12-17(22(28)29)21(27)16-8-18(24)20(9-19(16)26)25(3)11-14-4-6-15(23)7-5-14;1-7(2)5-17-6-9(14(19)20)13(18)8-3-11(16)10(15)4-12(8)17;1-10-6-7-2-4-8(9)5-3-7/h4-9,12-13H,10-11H2,1-3H3,(H,28,29);3-4,6-7H,5H2,1-2H3,(H,19,20);2-5,10H,6H2,1H3. The maximum atomic E-state index is 14.9. The van der Waals surface area contributed by atoms with Crippen LogP contribution in [0.25, 0.3) is 21.8 Å². The van der Waals surface area contributed by atoms with Crippen molar-refractivity contribution in [2.24, 2.45) is 11.8 Å². The number of benzene rings is 4. The topological polar surface area (TPSA) is 134 Å². The Bertz CT molecular complexity index is 2580. The van der Waals surface area contributed by atoms with Gasteiger partial charge < -0.3 is 29.6 Å². The van der Waals surface area contributed by atoms with E-state index >= 15 is 0 Å². The zero-order valence-electron chi connectivity index (χ0n) is 33.3. The molecule has 15 heteroatoms. The molecule has 59 heavy (non-hydrogen) atoms. The van der Waals surface area contributed by atoms with E-state index in [2.05, 4.69) is 5.32 Å². The first-order chi connectivity index (χ1) is 27.8. The summed E-state index contributed by atoms with van der Waals surface area (Å²) in [4.78, 5) is 49.0. The lowest BCUT2D eigenvalue weighted by molar-refractivity contribution is 0.0684. The van der Waals surface area contributed by atoms with Crippen LogP contribution >= 0.6 is 34.8 Å². The number of nitrogens with zero attached hydrogens (tertiary/aromatic N) is 3. The summed E-state index contributed by atoms with van der Waals surface area (Å²) in [5.41, 5.74) is 1.35. The predicted octanol–water partition coefficient (Wildman–Crippen LogP) is 9.99. The second-order valence-corrected chi connectivity index (χ2v) is 16.0. The van der Waals surface area contributed by atoms with Gasteiger partial charge in [0, 0.05) is 66.4 Å². The van der Waals surface area contributed by atoms with Gasteiger partial charge in [-0.05, 0) is 78.5 Å². The van der Waals surface area contributed by atoms with Crippen molar-refractivity contribution in [3.63, 3.8) is 0 Å². The minimum Gasteiger partial charge on any atom is -0.477 e. The number of nitrogens with one attached hydrogen (secondary N) is 1. The van der Waals surface area contributed by atoms with Crippen molar-refractivity contribution >= 4 is 74.2 Å². The van der Waals surface area contributed by atoms with Crippen LogP contribution in [0.4, 0.5) is 14.5 Å². The molecule has 0 unspecified atom stereocenters. The van der Waals surface area contributed by atoms with E-state index in [1.165, 1.54) is 24.0 Å². The third-order valence-corrected chi connectivity index (χ3v) is 9.69. The number of anilines is 1. The minimum absolute atomic E-state index is 0.0208. The number of pyridine rings is 2. The molecule has 0 bridgehead atoms. The summed E-state index contributed by atoms with van der Waals surface area (Å²) >= 11 is 17.4. The van der Waals surface area contributed by atoms with E-state index in [4.69, 9.17) is 39.9 Å². The highest BCUT2D eigenvalue weighted by atomic mass is 35.5. The normalized spacial score (nSPS) is 11.0. The fourth-order valence-corrected chi connectivity index (χ4v) is 6.64. The van der Waals surface area contributed by atoms with Gasteiger partial charge in [-0.25, -0.2) is 18.4 Å². The quantitative estimate of drug-likeness (QED) is 0.117. The molecule has 4 aromatic carbocycles. The highest BCUT2D eigenvalue weighted by Gasteiger charge is 2.20. The van der Waals surface area contributed by atoms with Crippen LogP contribution in [0.2, 0.25) is 15.1 Å². The monoisotopic (exact) mass is 868 g/mol. The van der Waals surface area contributed by atoms with Crippen LogP contribution in [0.3, 0.4) is 0 Å². The number of aromatic nitrogens is 2. The average molecular weight is 870 g/mol. The van der Waals surface area contributed by atoms with Gasteiger partial charge in [0.1, 0.15) is 22.8 Å². The molecular weight excluding hydrogens is 825 g/mol. The lowest BCUT2D eigenvalue weighted by atomic mass is 10.1. The van der Waals surface area contributed by atoms with Gasteiger partial charge >= 0.3 is 11.9 Å². The van der Waals surface area contributed by atoms with E-state index in [0.717, 1.165) is 29.3 Å². The second kappa shape index (κ2) is 20.6. The van der Waals surface area contributed by atoms with E-state index in [1.807, 2.05) is 71.1 Å². The molecular formula is C44H45Cl3F2N4O6. The van der Waals surface area contributed by atoms with E-state index in [0.29, 0.717) is 41.4 Å². The van der Waals surface area contributed by atoms with Crippen molar-refractivity contribution in [3.8, 4) is 0 Å². The first-order valence-electron chi connectivity index (χ1n) is 18.5. The number of carboxylic acids is 2. The summed E-state index contributed by atoms with van der Waals surface area (Å²) in [6.45, 7) is 10.2. The first kappa shape index (κ1) is 46.4. The average Bonchev–Trinajstić information content (AvgIpc) is 3.16. The Kier molecular flexibility index (Phi) is 16.2.